The van der Waals surface area contributed by atoms with Crippen LogP contribution in [0.2, 0.25) is 0 Å². The quantitative estimate of drug-likeness (QED) is 0.507. The van der Waals surface area contributed by atoms with Crippen LogP contribution in [0, 0.1) is 0 Å². The van der Waals surface area contributed by atoms with Gasteiger partial charge in [0.2, 0.25) is 0 Å². The van der Waals surface area contributed by atoms with Crippen molar-refractivity contribution in [1.82, 2.24) is 0 Å². The highest BCUT2D eigenvalue weighted by Gasteiger charge is 2.31. The third-order valence-corrected chi connectivity index (χ3v) is 5.40. The average Bonchev–Trinajstić information content (AvgIpc) is 2.93. The van der Waals surface area contributed by atoms with Gasteiger partial charge in [0.05, 0.1) is 15.3 Å². The lowest BCUT2D eigenvalue weighted by atomic mass is 10.1. The van der Waals surface area contributed by atoms with E-state index in [-0.39, 0.29) is 15.4 Å². The number of primary amides is 1. The molecule has 0 spiro atoms. The zero-order valence-electron chi connectivity index (χ0n) is 13.9. The minimum atomic E-state index is -4.90. The number of rotatable bonds is 6. The highest BCUT2D eigenvalue weighted by molar-refractivity contribution is 7.73. The molecule has 0 radical (unpaired) electrons. The number of alkyl halides is 3. The van der Waals surface area contributed by atoms with Crippen molar-refractivity contribution in [1.29, 1.82) is 0 Å². The normalized spacial score (nSPS) is 12.6. The predicted octanol–water partition coefficient (Wildman–Crippen LogP) is 1.70. The van der Waals surface area contributed by atoms with Gasteiger partial charge in [-0.3, -0.25) is 9.59 Å². The lowest BCUT2D eigenvalue weighted by Crippen LogP contribution is -2.25. The Morgan fingerprint density at radius 2 is 1.82 bits per heavy atom. The van der Waals surface area contributed by atoms with Crippen LogP contribution >= 0.6 is 11.3 Å². The Morgan fingerprint density at radius 1 is 1.25 bits per heavy atom. The molecule has 0 unspecified atom stereocenters. The molecule has 0 bridgehead atoms. The first-order chi connectivity index (χ1) is 12.9. The first-order valence-electron chi connectivity index (χ1n) is 7.36. The lowest BCUT2D eigenvalue weighted by molar-refractivity contribution is -0.274. The number of nitrogens with one attached hydrogen (secondary N) is 1. The fraction of sp³-hybridized carbons (Fsp3) is 0.200. The summed E-state index contributed by atoms with van der Waals surface area (Å²) in [5.41, 5.74) is 4.89. The van der Waals surface area contributed by atoms with E-state index in [2.05, 4.69) is 10.1 Å². The van der Waals surface area contributed by atoms with Crippen LogP contribution in [-0.2, 0) is 15.5 Å². The van der Waals surface area contributed by atoms with E-state index in [0.717, 1.165) is 31.2 Å². The van der Waals surface area contributed by atoms with Crippen LogP contribution < -0.4 is 15.8 Å². The molecule has 0 fully saturated rings. The standard InChI is InChI=1S/C15H13F3N2O6S2/c1-6(21)13(23)20-14-9(12(19)22)11(28(24)25)10(27-14)7-2-4-8(5-3-7)26-15(16,17)18/h2-6,21,28H,1H3,(H2,19,22)(H,20,23)/t6-/m1/s1. The fourth-order valence-electron chi connectivity index (χ4n) is 2.13. The molecule has 1 aromatic heterocycles. The molecule has 1 aromatic carbocycles. The maximum Gasteiger partial charge on any atom is 0.573 e. The van der Waals surface area contributed by atoms with Gasteiger partial charge < -0.3 is 20.9 Å². The number of ether oxygens (including phenoxy) is 1. The van der Waals surface area contributed by atoms with Gasteiger partial charge in [-0.05, 0) is 36.8 Å². The fourth-order valence-corrected chi connectivity index (χ4v) is 4.38. The Kier molecular flexibility index (Phi) is 6.31. The summed E-state index contributed by atoms with van der Waals surface area (Å²) in [7, 11) is -3.36. The maximum atomic E-state index is 12.3. The number of nitrogens with two attached hydrogens (primary N) is 1. The number of carbonyl (C=O) groups excluding carboxylic acids is 2. The van der Waals surface area contributed by atoms with Crippen LogP contribution in [0.3, 0.4) is 0 Å². The number of thiol groups is 1. The monoisotopic (exact) mass is 438 g/mol. The SMILES string of the molecule is C[C@@H](O)C(=O)Nc1sc(-c2ccc(OC(F)(F)F)cc2)c([SH](=O)=O)c1C(N)=O. The van der Waals surface area contributed by atoms with Crippen molar-refractivity contribution in [2.45, 2.75) is 24.3 Å². The Bertz CT molecular complexity index is 973. The van der Waals surface area contributed by atoms with Crippen LogP contribution in [0.15, 0.2) is 29.2 Å². The summed E-state index contributed by atoms with van der Waals surface area (Å²) < 4.78 is 63.9. The van der Waals surface area contributed by atoms with E-state index in [4.69, 9.17) is 5.73 Å². The number of halogens is 3. The number of hydrogen-bond acceptors (Lipinski definition) is 7. The lowest BCUT2D eigenvalue weighted by Gasteiger charge is -2.09. The number of aliphatic hydroxyl groups is 1. The molecule has 0 aliphatic carbocycles. The predicted molar refractivity (Wildman–Crippen MR) is 93.8 cm³/mol. The van der Waals surface area contributed by atoms with Gasteiger partial charge in [0, 0.05) is 0 Å². The van der Waals surface area contributed by atoms with E-state index >= 15 is 0 Å². The van der Waals surface area contributed by atoms with E-state index in [1.165, 1.54) is 0 Å². The van der Waals surface area contributed by atoms with Crippen LogP contribution in [0.1, 0.15) is 17.3 Å². The van der Waals surface area contributed by atoms with Gasteiger partial charge in [-0.1, -0.05) is 0 Å². The van der Waals surface area contributed by atoms with Gasteiger partial charge in [0.15, 0.2) is 10.7 Å². The van der Waals surface area contributed by atoms with Crippen molar-refractivity contribution in [3.63, 3.8) is 0 Å². The second-order valence-corrected chi connectivity index (χ2v) is 7.32. The summed E-state index contributed by atoms with van der Waals surface area (Å²) in [5.74, 6) is -2.58. The number of aliphatic hydroxyl groups excluding tert-OH is 1. The van der Waals surface area contributed by atoms with Gasteiger partial charge >= 0.3 is 6.36 Å². The van der Waals surface area contributed by atoms with Crippen molar-refractivity contribution in [2.24, 2.45) is 5.73 Å². The van der Waals surface area contributed by atoms with Crippen LogP contribution in [0.5, 0.6) is 5.75 Å². The summed E-state index contributed by atoms with van der Waals surface area (Å²) in [6.45, 7) is 1.15. The number of thiophene rings is 1. The van der Waals surface area contributed by atoms with Crippen molar-refractivity contribution >= 4 is 38.9 Å². The second kappa shape index (κ2) is 8.16. The van der Waals surface area contributed by atoms with Crippen molar-refractivity contribution in [2.75, 3.05) is 5.32 Å². The van der Waals surface area contributed by atoms with Crippen LogP contribution in [0.4, 0.5) is 18.2 Å². The Hall–Kier alpha value is -2.64. The van der Waals surface area contributed by atoms with Gasteiger partial charge in [0.1, 0.15) is 16.9 Å². The first kappa shape index (κ1) is 21.7. The Balaban J connectivity index is 2.57. The number of amides is 2. The van der Waals surface area contributed by atoms with Crippen molar-refractivity contribution in [3.8, 4) is 16.2 Å². The summed E-state index contributed by atoms with van der Waals surface area (Å²) in [4.78, 5) is 23.0. The van der Waals surface area contributed by atoms with Crippen molar-refractivity contribution < 1.29 is 41.0 Å². The molecule has 13 heteroatoms. The molecular weight excluding hydrogens is 425 g/mol. The molecule has 28 heavy (non-hydrogen) atoms. The van der Waals surface area contributed by atoms with E-state index < -0.39 is 51.2 Å². The summed E-state index contributed by atoms with van der Waals surface area (Å²) >= 11 is 0.670. The van der Waals surface area contributed by atoms with E-state index in [1.54, 1.807) is 0 Å². The summed E-state index contributed by atoms with van der Waals surface area (Å²) in [6.07, 6.45) is -6.35. The highest BCUT2D eigenvalue weighted by Crippen LogP contribution is 2.41. The van der Waals surface area contributed by atoms with E-state index in [0.29, 0.717) is 11.3 Å². The van der Waals surface area contributed by atoms with Gasteiger partial charge in [-0.25, -0.2) is 8.42 Å². The van der Waals surface area contributed by atoms with E-state index in [1.807, 2.05) is 0 Å². The first-order valence-corrected chi connectivity index (χ1v) is 9.36. The van der Waals surface area contributed by atoms with Gasteiger partial charge in [-0.2, -0.15) is 0 Å². The third kappa shape index (κ3) is 4.99. The van der Waals surface area contributed by atoms with Crippen LogP contribution in [0.25, 0.3) is 10.4 Å². The molecule has 1 heterocycles. The summed E-state index contributed by atoms with van der Waals surface area (Å²) in [6, 6.07) is 4.23. The molecule has 0 saturated carbocycles. The van der Waals surface area contributed by atoms with Gasteiger partial charge in [0.25, 0.3) is 11.8 Å². The average molecular weight is 438 g/mol. The molecule has 8 nitrogen and oxygen atoms in total. The summed E-state index contributed by atoms with van der Waals surface area (Å²) in [5, 5.41) is 11.3. The minimum Gasteiger partial charge on any atom is -0.406 e. The largest absolute Gasteiger partial charge is 0.573 e. The molecule has 4 N–H and O–H groups in total. The number of anilines is 1. The van der Waals surface area contributed by atoms with Crippen LogP contribution in [-0.4, -0.2) is 37.8 Å². The molecule has 0 saturated heterocycles. The molecule has 1 atom stereocenters. The topological polar surface area (TPSA) is 136 Å². The molecule has 0 aliphatic rings. The zero-order chi connectivity index (χ0) is 21.2. The number of carbonyl (C=O) groups is 2. The molecule has 2 rings (SSSR count). The van der Waals surface area contributed by atoms with E-state index in [9.17, 15) is 36.3 Å². The molecule has 0 aliphatic heterocycles. The Morgan fingerprint density at radius 3 is 2.25 bits per heavy atom. The zero-order valence-corrected chi connectivity index (χ0v) is 15.7. The highest BCUT2D eigenvalue weighted by atomic mass is 32.2. The molecule has 152 valence electrons. The van der Waals surface area contributed by atoms with Gasteiger partial charge in [-0.15, -0.1) is 24.5 Å². The molecular formula is C15H13F3N2O6S2. The van der Waals surface area contributed by atoms with Crippen molar-refractivity contribution in [3.05, 3.63) is 29.8 Å². The Labute approximate surface area is 161 Å². The molecule has 2 amide bonds. The molecule has 2 aromatic rings. The number of benzene rings is 1. The third-order valence-electron chi connectivity index (χ3n) is 3.28. The number of hydrogen-bond donors (Lipinski definition) is 4. The smallest absolute Gasteiger partial charge is 0.406 e. The minimum absolute atomic E-state index is 0.0237. The maximum absolute atomic E-state index is 12.3. The second-order valence-electron chi connectivity index (χ2n) is 5.34.